The number of hydrogen-bond acceptors (Lipinski definition) is 4. The van der Waals surface area contributed by atoms with Gasteiger partial charge in [0.25, 0.3) is 0 Å². The maximum atomic E-state index is 13.5. The van der Waals surface area contributed by atoms with Crippen LogP contribution < -0.4 is 9.64 Å². The summed E-state index contributed by atoms with van der Waals surface area (Å²) in [6, 6.07) is 14.4. The van der Waals surface area contributed by atoms with E-state index in [0.29, 0.717) is 28.8 Å². The number of ketones is 1. The summed E-state index contributed by atoms with van der Waals surface area (Å²) in [5.41, 5.74) is 2.09. The van der Waals surface area contributed by atoms with Crippen molar-refractivity contribution in [2.45, 2.75) is 26.4 Å². The van der Waals surface area contributed by atoms with Crippen LogP contribution >= 0.6 is 0 Å². The standard InChI is InChI=1S/C27H25NO4/c1-14-7-9-16(10-8-14)25(29)15(2)32-22-6-4-3-5-21(22)28-26(30)23-17-11-12-18(20-13-19(17)20)24(23)27(28)31/h3-12,15,17-20,23-24H,13H2,1-2H3. The van der Waals surface area contributed by atoms with Crippen LogP contribution in [0.4, 0.5) is 5.69 Å². The minimum atomic E-state index is -0.751. The van der Waals surface area contributed by atoms with Crippen LogP contribution in [-0.4, -0.2) is 23.7 Å². The fraction of sp³-hybridized carbons (Fsp3) is 0.370. The molecule has 1 heterocycles. The molecule has 4 aliphatic carbocycles. The minimum absolute atomic E-state index is 0.127. The molecule has 0 N–H and O–H groups in total. The van der Waals surface area contributed by atoms with Gasteiger partial charge in [0.2, 0.25) is 17.6 Å². The number of allylic oxidation sites excluding steroid dienone is 2. The van der Waals surface area contributed by atoms with Gasteiger partial charge in [-0.15, -0.1) is 0 Å². The van der Waals surface area contributed by atoms with E-state index in [1.54, 1.807) is 43.3 Å². The predicted molar refractivity (Wildman–Crippen MR) is 119 cm³/mol. The Kier molecular flexibility index (Phi) is 4.19. The zero-order valence-corrected chi connectivity index (χ0v) is 18.1. The number of ether oxygens (including phenoxy) is 1. The summed E-state index contributed by atoms with van der Waals surface area (Å²) in [7, 11) is 0. The first kappa shape index (κ1) is 19.5. The molecule has 1 saturated heterocycles. The van der Waals surface area contributed by atoms with E-state index in [9.17, 15) is 14.4 Å². The number of amides is 2. The number of Topliss-reactive ketones (excluding diaryl/α,β-unsaturated/α-hetero) is 1. The van der Waals surface area contributed by atoms with Gasteiger partial charge in [-0.1, -0.05) is 54.1 Å². The number of benzene rings is 2. The van der Waals surface area contributed by atoms with Gasteiger partial charge in [0.05, 0.1) is 17.5 Å². The van der Waals surface area contributed by atoms with Gasteiger partial charge < -0.3 is 4.74 Å². The smallest absolute Gasteiger partial charge is 0.238 e. The van der Waals surface area contributed by atoms with Crippen molar-refractivity contribution in [3.05, 3.63) is 71.8 Å². The molecule has 1 aliphatic heterocycles. The summed E-state index contributed by atoms with van der Waals surface area (Å²) in [5.74, 6) is 0.917. The molecular formula is C27H25NO4. The molecule has 2 aromatic rings. The van der Waals surface area contributed by atoms with Gasteiger partial charge in [-0.25, -0.2) is 4.90 Å². The number of hydrogen-bond donors (Lipinski definition) is 0. The van der Waals surface area contributed by atoms with E-state index < -0.39 is 6.10 Å². The average molecular weight is 428 g/mol. The van der Waals surface area contributed by atoms with Crippen molar-refractivity contribution in [2.24, 2.45) is 35.5 Å². The molecule has 5 aliphatic rings. The highest BCUT2D eigenvalue weighted by Crippen LogP contribution is 2.65. The maximum Gasteiger partial charge on any atom is 0.238 e. The highest BCUT2D eigenvalue weighted by atomic mass is 16.5. The fourth-order valence-corrected chi connectivity index (χ4v) is 6.13. The van der Waals surface area contributed by atoms with Crippen LogP contribution in [0, 0.1) is 42.4 Å². The van der Waals surface area contributed by atoms with Crippen LogP contribution in [0.5, 0.6) is 5.75 Å². The van der Waals surface area contributed by atoms with E-state index in [-0.39, 0.29) is 41.3 Å². The van der Waals surface area contributed by atoms with E-state index in [4.69, 9.17) is 4.74 Å². The van der Waals surface area contributed by atoms with Crippen LogP contribution in [0.25, 0.3) is 0 Å². The topological polar surface area (TPSA) is 63.7 Å². The second-order valence-electron chi connectivity index (χ2n) is 9.62. The van der Waals surface area contributed by atoms with Gasteiger partial charge in [-0.3, -0.25) is 14.4 Å². The third-order valence-corrected chi connectivity index (χ3v) is 7.78. The average Bonchev–Trinajstić information content (AvgIpc) is 3.58. The molecule has 0 aromatic heterocycles. The zero-order chi connectivity index (χ0) is 22.1. The Bertz CT molecular complexity index is 1130. The first-order valence-electron chi connectivity index (χ1n) is 11.4. The summed E-state index contributed by atoms with van der Waals surface area (Å²) >= 11 is 0. The first-order valence-corrected chi connectivity index (χ1v) is 11.4. The van der Waals surface area contributed by atoms with Crippen LogP contribution in [-0.2, 0) is 9.59 Å². The third-order valence-electron chi connectivity index (χ3n) is 7.78. The number of anilines is 1. The zero-order valence-electron chi connectivity index (χ0n) is 18.1. The molecular weight excluding hydrogens is 402 g/mol. The van der Waals surface area contributed by atoms with E-state index in [0.717, 1.165) is 12.0 Å². The normalized spacial score (nSPS) is 32.5. The van der Waals surface area contributed by atoms with Crippen molar-refractivity contribution in [3.63, 3.8) is 0 Å². The first-order chi connectivity index (χ1) is 15.5. The van der Waals surface area contributed by atoms with E-state index >= 15 is 0 Å². The Morgan fingerprint density at radius 3 is 2.16 bits per heavy atom. The van der Waals surface area contributed by atoms with Crippen LogP contribution in [0.3, 0.4) is 0 Å². The number of carbonyl (C=O) groups excluding carboxylic acids is 3. The SMILES string of the molecule is Cc1ccc(C(=O)C(C)Oc2ccccc2N2C(=O)C3C4C=CC(C5CC45)C3C2=O)cc1. The molecule has 32 heavy (non-hydrogen) atoms. The Morgan fingerprint density at radius 2 is 1.53 bits per heavy atom. The van der Waals surface area contributed by atoms with Crippen molar-refractivity contribution in [3.8, 4) is 5.75 Å². The van der Waals surface area contributed by atoms with Crippen LogP contribution in [0.15, 0.2) is 60.7 Å². The van der Waals surface area contributed by atoms with E-state index in [1.807, 2.05) is 19.1 Å². The van der Waals surface area contributed by atoms with Crippen molar-refractivity contribution >= 4 is 23.3 Å². The Hall–Kier alpha value is -3.21. The van der Waals surface area contributed by atoms with Crippen LogP contribution in [0.2, 0.25) is 0 Å². The lowest BCUT2D eigenvalue weighted by Gasteiger charge is -2.37. The lowest BCUT2D eigenvalue weighted by molar-refractivity contribution is -0.124. The molecule has 2 bridgehead atoms. The molecule has 162 valence electrons. The quantitative estimate of drug-likeness (QED) is 0.408. The fourth-order valence-electron chi connectivity index (χ4n) is 6.13. The highest BCUT2D eigenvalue weighted by molar-refractivity contribution is 6.23. The van der Waals surface area contributed by atoms with Crippen molar-refractivity contribution < 1.29 is 19.1 Å². The van der Waals surface area contributed by atoms with Gasteiger partial charge in [-0.05, 0) is 56.1 Å². The summed E-state index contributed by atoms with van der Waals surface area (Å²) in [4.78, 5) is 41.2. The van der Waals surface area contributed by atoms with E-state index in [1.165, 1.54) is 4.90 Å². The molecule has 3 fully saturated rings. The number of para-hydroxylation sites is 2. The second kappa shape index (κ2) is 6.89. The molecule has 0 spiro atoms. The molecule has 7 rings (SSSR count). The number of rotatable bonds is 5. The molecule has 7 unspecified atom stereocenters. The lowest BCUT2D eigenvalue weighted by Crippen LogP contribution is -2.40. The number of carbonyl (C=O) groups is 3. The molecule has 7 atom stereocenters. The summed E-state index contributed by atoms with van der Waals surface area (Å²) in [6.45, 7) is 3.67. The summed E-state index contributed by atoms with van der Waals surface area (Å²) < 4.78 is 6.04. The Balaban J connectivity index is 1.29. The molecule has 5 nitrogen and oxygen atoms in total. The van der Waals surface area contributed by atoms with Crippen molar-refractivity contribution in [2.75, 3.05) is 4.90 Å². The summed E-state index contributed by atoms with van der Waals surface area (Å²) in [5, 5.41) is 0. The van der Waals surface area contributed by atoms with Gasteiger partial charge in [0, 0.05) is 5.56 Å². The van der Waals surface area contributed by atoms with Crippen molar-refractivity contribution in [1.82, 2.24) is 0 Å². The Morgan fingerprint density at radius 1 is 0.938 bits per heavy atom. The predicted octanol–water partition coefficient (Wildman–Crippen LogP) is 4.20. The monoisotopic (exact) mass is 427 g/mol. The van der Waals surface area contributed by atoms with Gasteiger partial charge in [0.15, 0.2) is 6.10 Å². The maximum absolute atomic E-state index is 13.5. The largest absolute Gasteiger partial charge is 0.480 e. The number of aryl methyl sites for hydroxylation is 1. The van der Waals surface area contributed by atoms with E-state index in [2.05, 4.69) is 12.2 Å². The van der Waals surface area contributed by atoms with Gasteiger partial charge in [0.1, 0.15) is 5.75 Å². The third kappa shape index (κ3) is 2.73. The second-order valence-corrected chi connectivity index (χ2v) is 9.62. The van der Waals surface area contributed by atoms with Crippen LogP contribution in [0.1, 0.15) is 29.3 Å². The number of imide groups is 1. The van der Waals surface area contributed by atoms with Gasteiger partial charge >= 0.3 is 0 Å². The Labute approximate surface area is 187 Å². The van der Waals surface area contributed by atoms with Gasteiger partial charge in [-0.2, -0.15) is 0 Å². The molecule has 2 amide bonds. The molecule has 2 aromatic carbocycles. The molecule has 5 heteroatoms. The highest BCUT2D eigenvalue weighted by Gasteiger charge is 2.67. The lowest BCUT2D eigenvalue weighted by atomic mass is 9.63. The number of nitrogens with zero attached hydrogens (tertiary/aromatic N) is 1. The summed E-state index contributed by atoms with van der Waals surface area (Å²) in [6.07, 6.45) is 4.71. The minimum Gasteiger partial charge on any atom is -0.480 e. The molecule has 2 saturated carbocycles. The molecule has 0 radical (unpaired) electrons. The van der Waals surface area contributed by atoms with Crippen molar-refractivity contribution in [1.29, 1.82) is 0 Å².